The monoisotopic (exact) mass is 242 g/mol. The molecule has 1 aromatic rings. The molecule has 0 atom stereocenters. The van der Waals surface area contributed by atoms with Gasteiger partial charge in [-0.25, -0.2) is 8.42 Å². The van der Waals surface area contributed by atoms with Crippen LogP contribution in [0.2, 0.25) is 5.02 Å². The third-order valence-corrected chi connectivity index (χ3v) is 3.01. The van der Waals surface area contributed by atoms with Crippen LogP contribution >= 0.6 is 22.3 Å². The number of hydrogen-bond acceptors (Lipinski definition) is 3. The predicted octanol–water partition coefficient (Wildman–Crippen LogP) is 2.04. The average molecular weight is 243 g/mol. The zero-order valence-electron chi connectivity index (χ0n) is 7.03. The van der Waals surface area contributed by atoms with E-state index in [1.165, 1.54) is 10.9 Å². The molecule has 1 rings (SSSR count). The zero-order valence-corrected chi connectivity index (χ0v) is 9.36. The van der Waals surface area contributed by atoms with E-state index in [1.807, 2.05) is 13.8 Å². The van der Waals surface area contributed by atoms with Gasteiger partial charge in [-0.3, -0.25) is 4.68 Å². The molecule has 0 amide bonds. The van der Waals surface area contributed by atoms with Crippen molar-refractivity contribution in [2.45, 2.75) is 24.9 Å². The van der Waals surface area contributed by atoms with Crippen molar-refractivity contribution >= 4 is 31.3 Å². The molecule has 0 spiro atoms. The molecule has 0 saturated carbocycles. The Morgan fingerprint density at radius 3 is 2.31 bits per heavy atom. The zero-order chi connectivity index (χ0) is 10.2. The van der Waals surface area contributed by atoms with Crippen molar-refractivity contribution in [2.24, 2.45) is 0 Å². The first-order chi connectivity index (χ1) is 5.82. The predicted molar refractivity (Wildman–Crippen MR) is 50.7 cm³/mol. The van der Waals surface area contributed by atoms with E-state index < -0.39 is 9.05 Å². The second kappa shape index (κ2) is 3.48. The van der Waals surface area contributed by atoms with Crippen LogP contribution in [0.3, 0.4) is 0 Å². The van der Waals surface area contributed by atoms with E-state index in [0.29, 0.717) is 0 Å². The topological polar surface area (TPSA) is 52.0 Å². The first-order valence-electron chi connectivity index (χ1n) is 3.51. The third-order valence-electron chi connectivity index (χ3n) is 1.42. The molecule has 7 heteroatoms. The van der Waals surface area contributed by atoms with Crippen LogP contribution in [0.1, 0.15) is 19.9 Å². The number of aromatic nitrogens is 2. The molecule has 0 aromatic carbocycles. The van der Waals surface area contributed by atoms with Gasteiger partial charge in [-0.15, -0.1) is 0 Å². The Balaban J connectivity index is 3.27. The lowest BCUT2D eigenvalue weighted by molar-refractivity contribution is 0.517. The lowest BCUT2D eigenvalue weighted by atomic mass is 10.4. The normalized spacial score (nSPS) is 12.4. The molecule has 1 heterocycles. The molecule has 0 saturated heterocycles. The Kier molecular flexibility index (Phi) is 2.89. The van der Waals surface area contributed by atoms with E-state index in [1.54, 1.807) is 0 Å². The van der Waals surface area contributed by atoms with Gasteiger partial charge >= 0.3 is 0 Å². The maximum Gasteiger partial charge on any atom is 0.282 e. The molecular weight excluding hydrogens is 235 g/mol. The molecule has 1 aromatic heterocycles. The van der Waals surface area contributed by atoms with Crippen LogP contribution in [0, 0.1) is 0 Å². The molecule has 0 N–H and O–H groups in total. The van der Waals surface area contributed by atoms with E-state index in [4.69, 9.17) is 22.3 Å². The van der Waals surface area contributed by atoms with Crippen molar-refractivity contribution < 1.29 is 8.42 Å². The summed E-state index contributed by atoms with van der Waals surface area (Å²) in [5, 5.41) is 3.50. The molecule has 0 aliphatic rings. The first-order valence-corrected chi connectivity index (χ1v) is 6.20. The van der Waals surface area contributed by atoms with Gasteiger partial charge < -0.3 is 0 Å². The Morgan fingerprint density at radius 2 is 2.08 bits per heavy atom. The summed E-state index contributed by atoms with van der Waals surface area (Å²) in [5.74, 6) is 0. The van der Waals surface area contributed by atoms with Gasteiger partial charge in [0, 0.05) is 22.9 Å². The van der Waals surface area contributed by atoms with E-state index in [2.05, 4.69) is 5.10 Å². The van der Waals surface area contributed by atoms with E-state index >= 15 is 0 Å². The smallest absolute Gasteiger partial charge is 0.267 e. The lowest BCUT2D eigenvalue weighted by Crippen LogP contribution is -2.02. The van der Waals surface area contributed by atoms with E-state index in [0.717, 1.165) is 0 Å². The van der Waals surface area contributed by atoms with E-state index in [9.17, 15) is 8.42 Å². The minimum Gasteiger partial charge on any atom is -0.267 e. The van der Waals surface area contributed by atoms with Gasteiger partial charge in [-0.05, 0) is 13.8 Å². The number of rotatable bonds is 2. The van der Waals surface area contributed by atoms with Crippen molar-refractivity contribution in [2.75, 3.05) is 0 Å². The van der Waals surface area contributed by atoms with Gasteiger partial charge in [0.05, 0.1) is 5.02 Å². The fraction of sp³-hybridized carbons (Fsp3) is 0.500. The molecular formula is C6H8Cl2N2O2S. The van der Waals surface area contributed by atoms with Crippen molar-refractivity contribution in [3.05, 3.63) is 11.2 Å². The Morgan fingerprint density at radius 1 is 1.54 bits per heavy atom. The molecule has 13 heavy (non-hydrogen) atoms. The molecule has 0 fully saturated rings. The maximum absolute atomic E-state index is 10.9. The highest BCUT2D eigenvalue weighted by molar-refractivity contribution is 8.13. The first kappa shape index (κ1) is 10.8. The summed E-state index contributed by atoms with van der Waals surface area (Å²) < 4.78 is 23.2. The van der Waals surface area contributed by atoms with E-state index in [-0.39, 0.29) is 16.1 Å². The largest absolute Gasteiger partial charge is 0.282 e. The van der Waals surface area contributed by atoms with Crippen LogP contribution in [-0.2, 0) is 9.05 Å². The Bertz CT molecular complexity index is 410. The summed E-state index contributed by atoms with van der Waals surface area (Å²) in [6, 6.07) is 0.0460. The number of halogens is 2. The van der Waals surface area contributed by atoms with Crippen molar-refractivity contribution in [1.29, 1.82) is 0 Å². The number of nitrogens with zero attached hydrogens (tertiary/aromatic N) is 2. The van der Waals surface area contributed by atoms with Crippen LogP contribution in [0.4, 0.5) is 0 Å². The standard InChI is InChI=1S/C6H8Cl2N2O2S/c1-4(2)10-3-5(7)6(9-10)13(8,11)12/h3-4H,1-2H3. The summed E-state index contributed by atoms with van der Waals surface area (Å²) in [6.45, 7) is 3.71. The quantitative estimate of drug-likeness (QED) is 0.747. The lowest BCUT2D eigenvalue weighted by Gasteiger charge is -2.02. The Labute approximate surface area is 85.9 Å². The highest BCUT2D eigenvalue weighted by Crippen LogP contribution is 2.23. The summed E-state index contributed by atoms with van der Waals surface area (Å²) in [7, 11) is 1.26. The molecule has 0 unspecified atom stereocenters. The molecule has 0 aliphatic heterocycles. The van der Waals surface area contributed by atoms with Crippen LogP contribution in [-0.4, -0.2) is 18.2 Å². The SMILES string of the molecule is CC(C)n1cc(Cl)c(S(=O)(=O)Cl)n1. The third kappa shape index (κ3) is 2.36. The van der Waals surface area contributed by atoms with Crippen molar-refractivity contribution in [1.82, 2.24) is 9.78 Å². The highest BCUT2D eigenvalue weighted by atomic mass is 35.7. The van der Waals surface area contributed by atoms with Crippen LogP contribution in [0.5, 0.6) is 0 Å². The summed E-state index contributed by atoms with van der Waals surface area (Å²) >= 11 is 5.63. The van der Waals surface area contributed by atoms with Gasteiger partial charge in [0.15, 0.2) is 0 Å². The second-order valence-electron chi connectivity index (χ2n) is 2.79. The fourth-order valence-corrected chi connectivity index (χ4v) is 2.16. The maximum atomic E-state index is 10.9. The molecule has 0 radical (unpaired) electrons. The van der Waals surface area contributed by atoms with Gasteiger partial charge in [-0.1, -0.05) is 11.6 Å². The van der Waals surface area contributed by atoms with Gasteiger partial charge in [0.1, 0.15) is 0 Å². The van der Waals surface area contributed by atoms with Crippen molar-refractivity contribution in [3.8, 4) is 0 Å². The van der Waals surface area contributed by atoms with Crippen LogP contribution in [0.15, 0.2) is 11.2 Å². The molecule has 0 aliphatic carbocycles. The summed E-state index contributed by atoms with van der Waals surface area (Å²) in [6.07, 6.45) is 1.43. The highest BCUT2D eigenvalue weighted by Gasteiger charge is 2.20. The average Bonchev–Trinajstić information content (AvgIpc) is 2.29. The van der Waals surface area contributed by atoms with Gasteiger partial charge in [0.25, 0.3) is 9.05 Å². The van der Waals surface area contributed by atoms with Crippen LogP contribution in [0.25, 0.3) is 0 Å². The minimum absolute atomic E-state index is 0.0451. The second-order valence-corrected chi connectivity index (χ2v) is 5.68. The molecule has 4 nitrogen and oxygen atoms in total. The molecule has 0 bridgehead atoms. The van der Waals surface area contributed by atoms with Gasteiger partial charge in [0.2, 0.25) is 5.03 Å². The van der Waals surface area contributed by atoms with Crippen LogP contribution < -0.4 is 0 Å². The molecule has 74 valence electrons. The number of hydrogen-bond donors (Lipinski definition) is 0. The minimum atomic E-state index is -3.84. The fourth-order valence-electron chi connectivity index (χ4n) is 0.783. The van der Waals surface area contributed by atoms with Gasteiger partial charge in [-0.2, -0.15) is 5.10 Å². The Hall–Kier alpha value is -0.260. The summed E-state index contributed by atoms with van der Waals surface area (Å²) in [4.78, 5) is 0. The van der Waals surface area contributed by atoms with Crippen molar-refractivity contribution in [3.63, 3.8) is 0 Å². The summed E-state index contributed by atoms with van der Waals surface area (Å²) in [5.41, 5.74) is 0.